The Bertz CT molecular complexity index is 324. The van der Waals surface area contributed by atoms with Gasteiger partial charge < -0.3 is 15.5 Å². The number of rotatable bonds is 2. The van der Waals surface area contributed by atoms with Gasteiger partial charge in [-0.2, -0.15) is 0 Å². The van der Waals surface area contributed by atoms with Crippen LogP contribution < -0.4 is 10.6 Å². The molecule has 0 aromatic carbocycles. The first-order valence-electron chi connectivity index (χ1n) is 6.23. The van der Waals surface area contributed by atoms with Gasteiger partial charge in [0.05, 0.1) is 6.54 Å². The van der Waals surface area contributed by atoms with Crippen molar-refractivity contribution in [1.82, 2.24) is 15.5 Å². The van der Waals surface area contributed by atoms with Gasteiger partial charge in [0, 0.05) is 19.3 Å². The maximum Gasteiger partial charge on any atom is 0.198 e. The zero-order chi connectivity index (χ0) is 11.0. The maximum atomic E-state index is 4.53. The summed E-state index contributed by atoms with van der Waals surface area (Å²) < 4.78 is 0. The van der Waals surface area contributed by atoms with Crippen LogP contribution in [0.3, 0.4) is 0 Å². The minimum atomic E-state index is 0.857. The number of aliphatic imine (C=N–C) groups is 1. The van der Waals surface area contributed by atoms with E-state index in [1.54, 1.807) is 0 Å². The van der Waals surface area contributed by atoms with Crippen LogP contribution >= 0.6 is 0 Å². The van der Waals surface area contributed by atoms with Gasteiger partial charge in [0.15, 0.2) is 5.96 Å². The highest BCUT2D eigenvalue weighted by molar-refractivity contribution is 5.82. The average Bonchev–Trinajstić information content (AvgIpc) is 2.15. The standard InChI is InChI=1S/C12H20N4/c1-9-3-14-12(15-4-9)16-7-11(8-16)2-10-5-13-6-10/h3,10-11,13H,2,4-8H2,1H3,(H,14,15). The molecule has 0 spiro atoms. The second-order valence-corrected chi connectivity index (χ2v) is 5.31. The van der Waals surface area contributed by atoms with E-state index in [0.29, 0.717) is 0 Å². The van der Waals surface area contributed by atoms with Gasteiger partial charge >= 0.3 is 0 Å². The van der Waals surface area contributed by atoms with Crippen molar-refractivity contribution in [2.75, 3.05) is 32.7 Å². The Morgan fingerprint density at radius 2 is 2.19 bits per heavy atom. The van der Waals surface area contributed by atoms with Crippen molar-refractivity contribution in [2.24, 2.45) is 16.8 Å². The molecule has 3 aliphatic rings. The molecule has 0 unspecified atom stereocenters. The molecule has 4 heteroatoms. The third kappa shape index (κ3) is 1.94. The van der Waals surface area contributed by atoms with E-state index in [2.05, 4.69) is 33.6 Å². The lowest BCUT2D eigenvalue weighted by atomic mass is 9.86. The Morgan fingerprint density at radius 3 is 2.75 bits per heavy atom. The third-order valence-electron chi connectivity index (χ3n) is 3.72. The molecule has 3 rings (SSSR count). The zero-order valence-electron chi connectivity index (χ0n) is 9.87. The Morgan fingerprint density at radius 1 is 1.38 bits per heavy atom. The van der Waals surface area contributed by atoms with E-state index in [4.69, 9.17) is 0 Å². The van der Waals surface area contributed by atoms with E-state index >= 15 is 0 Å². The van der Waals surface area contributed by atoms with Gasteiger partial charge in [0.25, 0.3) is 0 Å². The SMILES string of the molecule is CC1=CNC(N2CC(CC3CNC3)C2)=NC1. The van der Waals surface area contributed by atoms with Crippen molar-refractivity contribution in [1.29, 1.82) is 0 Å². The Balaban J connectivity index is 1.43. The summed E-state index contributed by atoms with van der Waals surface area (Å²) in [6, 6.07) is 0. The first kappa shape index (κ1) is 10.1. The second-order valence-electron chi connectivity index (χ2n) is 5.31. The average molecular weight is 220 g/mol. The van der Waals surface area contributed by atoms with Gasteiger partial charge in [0.1, 0.15) is 0 Å². The minimum Gasteiger partial charge on any atom is -0.342 e. The van der Waals surface area contributed by atoms with E-state index in [1.807, 2.05) is 0 Å². The molecule has 3 aliphatic heterocycles. The first-order chi connectivity index (χ1) is 7.81. The number of guanidine groups is 1. The van der Waals surface area contributed by atoms with Crippen molar-refractivity contribution >= 4 is 5.96 Å². The van der Waals surface area contributed by atoms with Crippen LogP contribution in [0.25, 0.3) is 0 Å². The molecule has 0 radical (unpaired) electrons. The predicted molar refractivity (Wildman–Crippen MR) is 65.2 cm³/mol. The summed E-state index contributed by atoms with van der Waals surface area (Å²) in [5.74, 6) is 2.91. The van der Waals surface area contributed by atoms with Crippen molar-refractivity contribution in [3.63, 3.8) is 0 Å². The molecule has 4 nitrogen and oxygen atoms in total. The lowest BCUT2D eigenvalue weighted by Gasteiger charge is -2.44. The highest BCUT2D eigenvalue weighted by Gasteiger charge is 2.32. The summed E-state index contributed by atoms with van der Waals surface area (Å²) in [5, 5.41) is 6.61. The lowest BCUT2D eigenvalue weighted by molar-refractivity contribution is 0.135. The quantitative estimate of drug-likeness (QED) is 0.707. The van der Waals surface area contributed by atoms with Crippen LogP contribution in [-0.2, 0) is 0 Å². The number of nitrogens with zero attached hydrogens (tertiary/aromatic N) is 2. The summed E-state index contributed by atoms with van der Waals surface area (Å²) >= 11 is 0. The molecular weight excluding hydrogens is 200 g/mol. The van der Waals surface area contributed by atoms with Crippen LogP contribution in [0.5, 0.6) is 0 Å². The van der Waals surface area contributed by atoms with E-state index < -0.39 is 0 Å². The van der Waals surface area contributed by atoms with E-state index in [9.17, 15) is 0 Å². The molecule has 2 fully saturated rings. The van der Waals surface area contributed by atoms with E-state index in [1.165, 1.54) is 38.2 Å². The van der Waals surface area contributed by atoms with Crippen LogP contribution in [0.1, 0.15) is 13.3 Å². The molecule has 2 saturated heterocycles. The van der Waals surface area contributed by atoms with Gasteiger partial charge in [-0.3, -0.25) is 0 Å². The smallest absolute Gasteiger partial charge is 0.198 e. The molecule has 16 heavy (non-hydrogen) atoms. The van der Waals surface area contributed by atoms with Crippen LogP contribution in [0, 0.1) is 11.8 Å². The van der Waals surface area contributed by atoms with Crippen molar-refractivity contribution in [2.45, 2.75) is 13.3 Å². The predicted octanol–water partition coefficient (Wildman–Crippen LogP) is 0.391. The van der Waals surface area contributed by atoms with Crippen LogP contribution in [0.2, 0.25) is 0 Å². The van der Waals surface area contributed by atoms with Crippen molar-refractivity contribution in [3.8, 4) is 0 Å². The number of hydrogen-bond donors (Lipinski definition) is 2. The Hall–Kier alpha value is -1.03. The molecule has 0 aromatic rings. The lowest BCUT2D eigenvalue weighted by Crippen LogP contribution is -2.56. The van der Waals surface area contributed by atoms with E-state index in [0.717, 1.165) is 24.3 Å². The summed E-state index contributed by atoms with van der Waals surface area (Å²) in [4.78, 5) is 6.89. The number of likely N-dealkylation sites (tertiary alicyclic amines) is 1. The number of nitrogens with one attached hydrogen (secondary N) is 2. The summed E-state index contributed by atoms with van der Waals surface area (Å²) in [6.07, 6.45) is 3.47. The molecule has 3 heterocycles. The fraction of sp³-hybridized carbons (Fsp3) is 0.750. The molecular formula is C12H20N4. The van der Waals surface area contributed by atoms with Gasteiger partial charge in [-0.1, -0.05) is 0 Å². The molecule has 0 aromatic heterocycles. The highest BCUT2D eigenvalue weighted by atomic mass is 15.3. The highest BCUT2D eigenvalue weighted by Crippen LogP contribution is 2.25. The Kier molecular flexibility index (Phi) is 2.59. The molecule has 88 valence electrons. The molecule has 0 aliphatic carbocycles. The fourth-order valence-corrected chi connectivity index (χ4v) is 2.55. The summed E-state index contributed by atoms with van der Waals surface area (Å²) in [6.45, 7) is 7.81. The van der Waals surface area contributed by atoms with Gasteiger partial charge in [-0.05, 0) is 43.8 Å². The zero-order valence-corrected chi connectivity index (χ0v) is 9.87. The Labute approximate surface area is 96.8 Å². The van der Waals surface area contributed by atoms with Crippen molar-refractivity contribution < 1.29 is 0 Å². The largest absolute Gasteiger partial charge is 0.342 e. The van der Waals surface area contributed by atoms with Gasteiger partial charge in [-0.15, -0.1) is 0 Å². The van der Waals surface area contributed by atoms with Crippen molar-refractivity contribution in [3.05, 3.63) is 11.8 Å². The minimum absolute atomic E-state index is 0.857. The molecule has 0 saturated carbocycles. The van der Waals surface area contributed by atoms with Gasteiger partial charge in [-0.25, -0.2) is 4.99 Å². The molecule has 2 N–H and O–H groups in total. The van der Waals surface area contributed by atoms with E-state index in [-0.39, 0.29) is 0 Å². The molecule has 0 atom stereocenters. The van der Waals surface area contributed by atoms with Crippen LogP contribution in [0.15, 0.2) is 16.8 Å². The summed E-state index contributed by atoms with van der Waals surface area (Å²) in [7, 11) is 0. The molecule has 0 amide bonds. The maximum absolute atomic E-state index is 4.53. The fourth-order valence-electron chi connectivity index (χ4n) is 2.55. The monoisotopic (exact) mass is 220 g/mol. The first-order valence-corrected chi connectivity index (χ1v) is 6.23. The van der Waals surface area contributed by atoms with Crippen LogP contribution in [0.4, 0.5) is 0 Å². The number of hydrogen-bond acceptors (Lipinski definition) is 4. The second kappa shape index (κ2) is 4.09. The molecule has 0 bridgehead atoms. The topological polar surface area (TPSA) is 39.7 Å². The normalized spacial score (nSPS) is 26.4. The summed E-state index contributed by atoms with van der Waals surface area (Å²) in [5.41, 5.74) is 1.31. The third-order valence-corrected chi connectivity index (χ3v) is 3.72. The van der Waals surface area contributed by atoms with Gasteiger partial charge in [0.2, 0.25) is 0 Å². The van der Waals surface area contributed by atoms with Crippen LogP contribution in [-0.4, -0.2) is 43.6 Å².